The first-order valence-electron chi connectivity index (χ1n) is 8.61. The van der Waals surface area contributed by atoms with Crippen molar-refractivity contribution in [2.45, 2.75) is 0 Å². The number of hydrogen-bond acceptors (Lipinski definition) is 4. The number of likely N-dealkylation sites (N-methyl/N-ethyl adjacent to an activating group) is 1. The zero-order valence-electron chi connectivity index (χ0n) is 15.2. The topological polar surface area (TPSA) is 63.1 Å². The number of fused-ring (bicyclic) bond motifs is 4. The van der Waals surface area contributed by atoms with Gasteiger partial charge in [-0.15, -0.1) is 0 Å². The molecule has 2 heterocycles. The summed E-state index contributed by atoms with van der Waals surface area (Å²) in [5, 5.41) is 5.98. The van der Waals surface area contributed by atoms with Crippen LogP contribution in [0.4, 0.5) is 0 Å². The molecule has 0 saturated heterocycles. The van der Waals surface area contributed by atoms with E-state index in [1.165, 1.54) is 6.33 Å². The fraction of sp³-hybridized carbons (Fsp3) is 0.250. The Labute approximate surface area is 151 Å². The van der Waals surface area contributed by atoms with Gasteiger partial charge in [-0.3, -0.25) is 4.79 Å². The van der Waals surface area contributed by atoms with Crippen LogP contribution >= 0.6 is 0 Å². The first kappa shape index (κ1) is 16.5. The molecule has 0 spiro atoms. The summed E-state index contributed by atoms with van der Waals surface area (Å²) in [6.07, 6.45) is 1.46. The maximum absolute atomic E-state index is 12.6. The predicted molar refractivity (Wildman–Crippen MR) is 104 cm³/mol. The molecule has 0 saturated carbocycles. The number of aromatic nitrogens is 3. The highest BCUT2D eigenvalue weighted by molar-refractivity contribution is 6.15. The monoisotopic (exact) mass is 347 g/mol. The van der Waals surface area contributed by atoms with Crippen LogP contribution in [0.2, 0.25) is 0 Å². The molecule has 2 aromatic carbocycles. The number of hydrogen-bond donors (Lipinski definition) is 1. The third kappa shape index (κ3) is 2.68. The molecule has 0 bridgehead atoms. The molecule has 26 heavy (non-hydrogen) atoms. The Morgan fingerprint density at radius 1 is 1.08 bits per heavy atom. The van der Waals surface area contributed by atoms with Gasteiger partial charge in [0.1, 0.15) is 12.0 Å². The minimum absolute atomic E-state index is 0.168. The number of rotatable bonds is 4. The Bertz CT molecular complexity index is 1130. The van der Waals surface area contributed by atoms with Gasteiger partial charge in [-0.2, -0.15) is 0 Å². The number of nitrogens with one attached hydrogen (secondary N) is 1. The molecule has 0 aliphatic carbocycles. The van der Waals surface area contributed by atoms with Crippen molar-refractivity contribution >= 4 is 38.6 Å². The van der Waals surface area contributed by atoms with Gasteiger partial charge in [0, 0.05) is 41.8 Å². The van der Waals surface area contributed by atoms with E-state index in [0.717, 1.165) is 39.3 Å². The highest BCUT2D eigenvalue weighted by Gasteiger charge is 2.15. The largest absolute Gasteiger partial charge is 0.349 e. The van der Waals surface area contributed by atoms with Gasteiger partial charge in [-0.05, 0) is 32.3 Å². The van der Waals surface area contributed by atoms with Crippen LogP contribution < -0.4 is 5.32 Å². The normalized spacial score (nSPS) is 11.7. The van der Waals surface area contributed by atoms with Gasteiger partial charge in [0.15, 0.2) is 0 Å². The molecule has 0 unspecified atom stereocenters. The summed E-state index contributed by atoms with van der Waals surface area (Å²) in [6, 6.07) is 12.3. The second-order valence-corrected chi connectivity index (χ2v) is 6.74. The van der Waals surface area contributed by atoms with E-state index in [0.29, 0.717) is 12.2 Å². The third-order valence-corrected chi connectivity index (χ3v) is 4.73. The molecule has 0 fully saturated rings. The van der Waals surface area contributed by atoms with E-state index in [4.69, 9.17) is 0 Å². The van der Waals surface area contributed by atoms with Gasteiger partial charge in [0.2, 0.25) is 0 Å². The summed E-state index contributed by atoms with van der Waals surface area (Å²) in [4.78, 5) is 23.3. The lowest BCUT2D eigenvalue weighted by molar-refractivity contribution is 0.0948. The summed E-state index contributed by atoms with van der Waals surface area (Å²) in [5.74, 6) is -0.168. The zero-order valence-corrected chi connectivity index (χ0v) is 15.2. The van der Waals surface area contributed by atoms with Crippen molar-refractivity contribution in [3.8, 4) is 0 Å². The van der Waals surface area contributed by atoms with Crippen molar-refractivity contribution in [2.75, 3.05) is 27.2 Å². The lowest BCUT2D eigenvalue weighted by Crippen LogP contribution is -2.32. The van der Waals surface area contributed by atoms with Crippen LogP contribution in [0.15, 0.2) is 42.7 Å². The van der Waals surface area contributed by atoms with Crippen molar-refractivity contribution in [1.82, 2.24) is 24.8 Å². The molecule has 6 nitrogen and oxygen atoms in total. The Morgan fingerprint density at radius 2 is 1.88 bits per heavy atom. The molecule has 4 rings (SSSR count). The summed E-state index contributed by atoms with van der Waals surface area (Å²) in [7, 11) is 6.00. The molecular formula is C20H21N5O. The molecule has 0 radical (unpaired) electrons. The summed E-state index contributed by atoms with van der Waals surface area (Å²) < 4.78 is 2.16. The molecule has 4 aromatic rings. The summed E-state index contributed by atoms with van der Waals surface area (Å²) in [6.45, 7) is 1.36. The molecule has 6 heteroatoms. The SMILES string of the molecule is CN(C)CCNC(=O)c1ncnc2cc3c(cc12)c1ccccc1n3C. The molecule has 1 N–H and O–H groups in total. The number of aryl methyl sites for hydroxylation is 1. The first-order chi connectivity index (χ1) is 12.6. The van der Waals surface area contributed by atoms with Crippen LogP contribution in [0.5, 0.6) is 0 Å². The molecule has 0 atom stereocenters. The van der Waals surface area contributed by atoms with Crippen LogP contribution in [0, 0.1) is 0 Å². The van der Waals surface area contributed by atoms with Crippen LogP contribution in [0.1, 0.15) is 10.5 Å². The molecule has 132 valence electrons. The number of carbonyl (C=O) groups excluding carboxylic acids is 1. The van der Waals surface area contributed by atoms with Gasteiger partial charge >= 0.3 is 0 Å². The summed E-state index contributed by atoms with van der Waals surface area (Å²) >= 11 is 0. The van der Waals surface area contributed by atoms with Crippen molar-refractivity contribution in [3.05, 3.63) is 48.4 Å². The van der Waals surface area contributed by atoms with E-state index in [1.54, 1.807) is 0 Å². The van der Waals surface area contributed by atoms with E-state index in [-0.39, 0.29) is 5.91 Å². The van der Waals surface area contributed by atoms with Crippen LogP contribution in [-0.4, -0.2) is 52.5 Å². The zero-order chi connectivity index (χ0) is 18.3. The fourth-order valence-electron chi connectivity index (χ4n) is 3.37. The maximum atomic E-state index is 12.6. The molecule has 1 amide bonds. The molecular weight excluding hydrogens is 326 g/mol. The number of para-hydroxylation sites is 1. The minimum atomic E-state index is -0.168. The second-order valence-electron chi connectivity index (χ2n) is 6.74. The van der Waals surface area contributed by atoms with Crippen molar-refractivity contribution in [3.63, 3.8) is 0 Å². The average Bonchev–Trinajstić information content (AvgIpc) is 2.91. The molecule has 2 aromatic heterocycles. The van der Waals surface area contributed by atoms with E-state index in [9.17, 15) is 4.79 Å². The number of benzene rings is 2. The Balaban J connectivity index is 1.86. The van der Waals surface area contributed by atoms with Crippen LogP contribution in [0.3, 0.4) is 0 Å². The van der Waals surface area contributed by atoms with E-state index in [1.807, 2.05) is 50.3 Å². The van der Waals surface area contributed by atoms with Gasteiger partial charge in [0.05, 0.1) is 11.0 Å². The Kier molecular flexibility index (Phi) is 4.05. The Hall–Kier alpha value is -2.99. The van der Waals surface area contributed by atoms with E-state index in [2.05, 4.69) is 32.0 Å². The van der Waals surface area contributed by atoms with E-state index < -0.39 is 0 Å². The summed E-state index contributed by atoms with van der Waals surface area (Å²) in [5.41, 5.74) is 3.44. The van der Waals surface area contributed by atoms with Gasteiger partial charge in [0.25, 0.3) is 5.91 Å². The first-order valence-corrected chi connectivity index (χ1v) is 8.61. The van der Waals surface area contributed by atoms with Crippen LogP contribution in [0.25, 0.3) is 32.7 Å². The van der Waals surface area contributed by atoms with Crippen LogP contribution in [-0.2, 0) is 7.05 Å². The van der Waals surface area contributed by atoms with Gasteiger partial charge in [-0.25, -0.2) is 9.97 Å². The highest BCUT2D eigenvalue weighted by atomic mass is 16.1. The number of amides is 1. The van der Waals surface area contributed by atoms with Crippen molar-refractivity contribution in [1.29, 1.82) is 0 Å². The second kappa shape index (κ2) is 6.38. The number of nitrogens with zero attached hydrogens (tertiary/aromatic N) is 4. The smallest absolute Gasteiger partial charge is 0.270 e. The van der Waals surface area contributed by atoms with E-state index >= 15 is 0 Å². The Morgan fingerprint density at radius 3 is 2.69 bits per heavy atom. The van der Waals surface area contributed by atoms with Crippen molar-refractivity contribution < 1.29 is 4.79 Å². The predicted octanol–water partition coefficient (Wildman–Crippen LogP) is 2.57. The highest BCUT2D eigenvalue weighted by Crippen LogP contribution is 2.31. The van der Waals surface area contributed by atoms with Crippen molar-refractivity contribution in [2.24, 2.45) is 7.05 Å². The standard InChI is InChI=1S/C20H21N5O/c1-24(2)9-8-21-20(26)19-15-10-14-13-6-4-5-7-17(13)25(3)18(14)11-16(15)22-12-23-19/h4-7,10-12H,8-9H2,1-3H3,(H,21,26). The fourth-order valence-corrected chi connectivity index (χ4v) is 3.37. The third-order valence-electron chi connectivity index (χ3n) is 4.73. The molecule has 0 aliphatic rings. The number of carbonyl (C=O) groups is 1. The lowest BCUT2D eigenvalue weighted by Gasteiger charge is -2.11. The maximum Gasteiger partial charge on any atom is 0.270 e. The average molecular weight is 347 g/mol. The lowest BCUT2D eigenvalue weighted by atomic mass is 10.1. The quantitative estimate of drug-likeness (QED) is 0.616. The van der Waals surface area contributed by atoms with Gasteiger partial charge < -0.3 is 14.8 Å². The molecule has 0 aliphatic heterocycles. The minimum Gasteiger partial charge on any atom is -0.349 e. The van der Waals surface area contributed by atoms with Gasteiger partial charge in [-0.1, -0.05) is 18.2 Å².